The minimum absolute atomic E-state index is 0.0277. The number of hydrogen-bond acceptors (Lipinski definition) is 7. The topological polar surface area (TPSA) is 129 Å². The normalized spacial score (nSPS) is 30.7. The first kappa shape index (κ1) is 25.0. The van der Waals surface area contributed by atoms with Crippen molar-refractivity contribution in [2.24, 2.45) is 17.8 Å². The summed E-state index contributed by atoms with van der Waals surface area (Å²) in [5.41, 5.74) is 1.56. The average molecular weight is 515 g/mol. The number of unbranched alkanes of at least 4 members (excludes halogenated alkanes) is 1. The second-order valence-electron chi connectivity index (χ2n) is 10.1. The molecule has 194 valence electrons. The van der Waals surface area contributed by atoms with E-state index < -0.39 is 22.6 Å². The standard InChI is InChI=1S/C25H34N6O4S/c1-3-10-26-22(33)19-18-13-15(2)25(36-18)20(19)24(35)30(11-6-7-12-32)21(25)23(34)27-14-31-17-9-5-4-8-16(17)28-29-31/h4-5,8-9,15,18-21,32H,3,6-7,10-14H2,1-2H3,(H,26,33)(H,27,34)/t15?,18-,19+,20-,21?,25?/m0/s1. The molecule has 3 aliphatic rings. The minimum Gasteiger partial charge on any atom is -0.396 e. The third kappa shape index (κ3) is 3.87. The van der Waals surface area contributed by atoms with E-state index in [2.05, 4.69) is 27.9 Å². The lowest BCUT2D eigenvalue weighted by atomic mass is 9.66. The minimum atomic E-state index is -0.683. The van der Waals surface area contributed by atoms with E-state index in [1.807, 2.05) is 31.2 Å². The molecule has 4 heterocycles. The van der Waals surface area contributed by atoms with Crippen molar-refractivity contribution >= 4 is 40.5 Å². The van der Waals surface area contributed by atoms with Gasteiger partial charge in [-0.1, -0.05) is 31.2 Å². The van der Waals surface area contributed by atoms with Crippen LogP contribution in [0.4, 0.5) is 0 Å². The zero-order valence-electron chi connectivity index (χ0n) is 20.7. The molecule has 0 radical (unpaired) electrons. The summed E-state index contributed by atoms with van der Waals surface area (Å²) in [6.45, 7) is 5.23. The van der Waals surface area contributed by atoms with Crippen LogP contribution in [0.25, 0.3) is 11.0 Å². The molecule has 0 saturated carbocycles. The predicted octanol–water partition coefficient (Wildman–Crippen LogP) is 1.14. The van der Waals surface area contributed by atoms with Crippen LogP contribution >= 0.6 is 11.8 Å². The average Bonchev–Trinajstić information content (AvgIpc) is 3.59. The maximum absolute atomic E-state index is 13.9. The number of rotatable bonds is 10. The van der Waals surface area contributed by atoms with Gasteiger partial charge in [-0.25, -0.2) is 4.68 Å². The van der Waals surface area contributed by atoms with Gasteiger partial charge >= 0.3 is 0 Å². The van der Waals surface area contributed by atoms with Gasteiger partial charge in [0.05, 0.1) is 22.1 Å². The van der Waals surface area contributed by atoms with Crippen LogP contribution in [0.15, 0.2) is 24.3 Å². The Kier molecular flexibility index (Phi) is 6.95. The second kappa shape index (κ2) is 10.0. The molecule has 3 fully saturated rings. The summed E-state index contributed by atoms with van der Waals surface area (Å²) in [5, 5.41) is 23.7. The first-order chi connectivity index (χ1) is 17.4. The Bertz CT molecular complexity index is 1160. The molecule has 3 N–H and O–H groups in total. The third-order valence-electron chi connectivity index (χ3n) is 7.98. The van der Waals surface area contributed by atoms with Crippen molar-refractivity contribution in [1.82, 2.24) is 30.5 Å². The quantitative estimate of drug-likeness (QED) is 0.406. The number of thioether (sulfide) groups is 1. The molecule has 1 aromatic carbocycles. The lowest BCUT2D eigenvalue weighted by molar-refractivity contribution is -0.140. The Hall–Kier alpha value is -2.66. The number of aromatic nitrogens is 3. The zero-order chi connectivity index (χ0) is 25.4. The fourth-order valence-electron chi connectivity index (χ4n) is 6.40. The van der Waals surface area contributed by atoms with Gasteiger partial charge in [0.15, 0.2) is 0 Å². The Labute approximate surface area is 214 Å². The van der Waals surface area contributed by atoms with E-state index in [1.165, 1.54) is 0 Å². The van der Waals surface area contributed by atoms with Crippen LogP contribution in [-0.4, -0.2) is 78.5 Å². The van der Waals surface area contributed by atoms with Crippen LogP contribution in [0, 0.1) is 17.8 Å². The van der Waals surface area contributed by atoms with Crippen LogP contribution < -0.4 is 10.6 Å². The van der Waals surface area contributed by atoms with E-state index in [-0.39, 0.29) is 42.2 Å². The number of hydrogen-bond donors (Lipinski definition) is 3. The lowest BCUT2D eigenvalue weighted by Gasteiger charge is -2.38. The molecule has 1 aromatic heterocycles. The Morgan fingerprint density at radius 2 is 2.03 bits per heavy atom. The molecule has 3 aliphatic heterocycles. The molecule has 0 aliphatic carbocycles. The van der Waals surface area contributed by atoms with E-state index in [9.17, 15) is 19.5 Å². The van der Waals surface area contributed by atoms with Gasteiger partial charge in [-0.05, 0) is 43.7 Å². The van der Waals surface area contributed by atoms with Crippen molar-refractivity contribution in [3.63, 3.8) is 0 Å². The first-order valence-corrected chi connectivity index (χ1v) is 13.7. The van der Waals surface area contributed by atoms with E-state index in [1.54, 1.807) is 21.3 Å². The van der Waals surface area contributed by atoms with Gasteiger partial charge < -0.3 is 20.6 Å². The van der Waals surface area contributed by atoms with Crippen molar-refractivity contribution in [2.45, 2.75) is 62.2 Å². The molecular formula is C25H34N6O4S. The SMILES string of the molecule is CCCNC(=O)[C@@H]1[C@@H]2CC(C)C3(S2)C(C(=O)NCn2nnc4ccccc42)N(CCCCO)C(=O)[C@H]13. The third-order valence-corrected chi connectivity index (χ3v) is 10.1. The predicted molar refractivity (Wildman–Crippen MR) is 136 cm³/mol. The summed E-state index contributed by atoms with van der Waals surface area (Å²) in [4.78, 5) is 42.6. The highest BCUT2D eigenvalue weighted by Gasteiger charge is 2.75. The first-order valence-electron chi connectivity index (χ1n) is 12.9. The van der Waals surface area contributed by atoms with Crippen LogP contribution in [0.2, 0.25) is 0 Å². The number of benzene rings is 1. The molecule has 10 nitrogen and oxygen atoms in total. The van der Waals surface area contributed by atoms with Gasteiger partial charge in [0, 0.05) is 24.9 Å². The van der Waals surface area contributed by atoms with E-state index >= 15 is 0 Å². The van der Waals surface area contributed by atoms with Crippen molar-refractivity contribution < 1.29 is 19.5 Å². The second-order valence-corrected chi connectivity index (χ2v) is 11.6. The number of para-hydroxylation sites is 1. The van der Waals surface area contributed by atoms with Crippen molar-refractivity contribution in [3.8, 4) is 0 Å². The number of aliphatic hydroxyl groups is 1. The highest BCUT2D eigenvalue weighted by Crippen LogP contribution is 2.68. The molecule has 3 saturated heterocycles. The molecule has 36 heavy (non-hydrogen) atoms. The number of likely N-dealkylation sites (tertiary alicyclic amines) is 1. The molecule has 2 bridgehead atoms. The summed E-state index contributed by atoms with van der Waals surface area (Å²) in [6, 6.07) is 6.85. The van der Waals surface area contributed by atoms with Gasteiger partial charge in [-0.2, -0.15) is 0 Å². The monoisotopic (exact) mass is 514 g/mol. The number of nitrogens with one attached hydrogen (secondary N) is 2. The Morgan fingerprint density at radius 1 is 1.22 bits per heavy atom. The maximum atomic E-state index is 13.9. The maximum Gasteiger partial charge on any atom is 0.245 e. The van der Waals surface area contributed by atoms with Crippen molar-refractivity contribution in [1.29, 1.82) is 0 Å². The van der Waals surface area contributed by atoms with Crippen molar-refractivity contribution in [3.05, 3.63) is 24.3 Å². The smallest absolute Gasteiger partial charge is 0.245 e. The molecule has 6 atom stereocenters. The van der Waals surface area contributed by atoms with Gasteiger partial charge in [-0.15, -0.1) is 16.9 Å². The molecule has 3 amide bonds. The summed E-state index contributed by atoms with van der Waals surface area (Å²) >= 11 is 1.67. The highest BCUT2D eigenvalue weighted by atomic mass is 32.2. The molecular weight excluding hydrogens is 480 g/mol. The lowest BCUT2D eigenvalue weighted by Crippen LogP contribution is -2.56. The Morgan fingerprint density at radius 3 is 2.81 bits per heavy atom. The van der Waals surface area contributed by atoms with E-state index in [0.717, 1.165) is 23.9 Å². The molecule has 5 rings (SSSR count). The number of carbonyl (C=O) groups is 3. The van der Waals surface area contributed by atoms with E-state index in [0.29, 0.717) is 25.9 Å². The van der Waals surface area contributed by atoms with E-state index in [4.69, 9.17) is 0 Å². The van der Waals surface area contributed by atoms with Crippen molar-refractivity contribution in [2.75, 3.05) is 19.7 Å². The summed E-state index contributed by atoms with van der Waals surface area (Å²) < 4.78 is 0.989. The molecule has 11 heteroatoms. The summed E-state index contributed by atoms with van der Waals surface area (Å²) in [7, 11) is 0. The fourth-order valence-corrected chi connectivity index (χ4v) is 8.83. The summed E-state index contributed by atoms with van der Waals surface area (Å²) in [5.74, 6) is -1.26. The molecule has 3 unspecified atom stereocenters. The number of amides is 3. The van der Waals surface area contributed by atoms with Crippen LogP contribution in [0.1, 0.15) is 39.5 Å². The fraction of sp³-hybridized carbons (Fsp3) is 0.640. The highest BCUT2D eigenvalue weighted by molar-refractivity contribution is 8.02. The number of fused-ring (bicyclic) bond motifs is 2. The summed E-state index contributed by atoms with van der Waals surface area (Å²) in [6.07, 6.45) is 2.77. The van der Waals surface area contributed by atoms with Crippen LogP contribution in [0.3, 0.4) is 0 Å². The van der Waals surface area contributed by atoms with Crippen LogP contribution in [0.5, 0.6) is 0 Å². The zero-order valence-corrected chi connectivity index (χ0v) is 21.5. The number of nitrogens with zero attached hydrogens (tertiary/aromatic N) is 4. The van der Waals surface area contributed by atoms with Gasteiger partial charge in [0.1, 0.15) is 18.2 Å². The molecule has 1 spiro atoms. The number of carbonyl (C=O) groups excluding carboxylic acids is 3. The van der Waals surface area contributed by atoms with Gasteiger partial charge in [0.25, 0.3) is 0 Å². The largest absolute Gasteiger partial charge is 0.396 e. The van der Waals surface area contributed by atoms with Gasteiger partial charge in [-0.3, -0.25) is 14.4 Å². The van der Waals surface area contributed by atoms with Gasteiger partial charge in [0.2, 0.25) is 17.7 Å². The number of aliphatic hydroxyl groups excluding tert-OH is 1. The van der Waals surface area contributed by atoms with Crippen LogP contribution in [-0.2, 0) is 21.1 Å². The Balaban J connectivity index is 1.44. The molecule has 2 aromatic rings.